The summed E-state index contributed by atoms with van der Waals surface area (Å²) in [5, 5.41) is 1.61. The standard InChI is InChI=1S/C33H41O2P/c1-24-23-29(34-2)32(25-15-7-4-8-16-25)33(35-3)31(24)28-21-13-14-22-30(28)36(26-17-9-5-10-18-26)27-19-11-6-12-20-27/h4,7-8,13-16,21-23,26-27H,5-6,9-12,17-20H2,1-3H3. The SMILES string of the molecule is COc1cc(C)c(-c2ccccc2P(C2CCCCC2)C2CCCCC2)c(OC)c1-c1ccccc1. The fourth-order valence-corrected chi connectivity index (χ4v) is 10.6. The largest absolute Gasteiger partial charge is 0.496 e. The third kappa shape index (κ3) is 5.08. The molecule has 0 aromatic heterocycles. The molecule has 0 atom stereocenters. The zero-order chi connectivity index (χ0) is 24.9. The molecular formula is C33H41O2P. The van der Waals surface area contributed by atoms with E-state index in [2.05, 4.69) is 67.6 Å². The van der Waals surface area contributed by atoms with Crippen molar-refractivity contribution < 1.29 is 9.47 Å². The number of methoxy groups -OCH3 is 2. The van der Waals surface area contributed by atoms with Crippen LogP contribution in [0.4, 0.5) is 0 Å². The van der Waals surface area contributed by atoms with Crippen LogP contribution in [0.5, 0.6) is 11.5 Å². The number of aryl methyl sites for hydroxylation is 1. The van der Waals surface area contributed by atoms with E-state index in [0.717, 1.165) is 33.9 Å². The van der Waals surface area contributed by atoms with Crippen LogP contribution in [0.2, 0.25) is 0 Å². The first kappa shape index (κ1) is 25.3. The normalized spacial score (nSPS) is 17.3. The summed E-state index contributed by atoms with van der Waals surface area (Å²) in [6.45, 7) is 2.22. The van der Waals surface area contributed by atoms with E-state index in [0.29, 0.717) is 0 Å². The molecule has 2 nitrogen and oxygen atoms in total. The highest BCUT2D eigenvalue weighted by Gasteiger charge is 2.34. The molecular weight excluding hydrogens is 459 g/mol. The Labute approximate surface area is 219 Å². The summed E-state index contributed by atoms with van der Waals surface area (Å²) in [5.74, 6) is 1.81. The quantitative estimate of drug-likeness (QED) is 0.301. The summed E-state index contributed by atoms with van der Waals surface area (Å²) >= 11 is 0. The molecule has 36 heavy (non-hydrogen) atoms. The van der Waals surface area contributed by atoms with Crippen molar-refractivity contribution in [1.29, 1.82) is 0 Å². The molecule has 3 aromatic carbocycles. The first-order valence-corrected chi connectivity index (χ1v) is 15.4. The molecule has 0 aliphatic heterocycles. The lowest BCUT2D eigenvalue weighted by atomic mass is 9.92. The lowest BCUT2D eigenvalue weighted by Crippen LogP contribution is -2.27. The minimum Gasteiger partial charge on any atom is -0.496 e. The Morgan fingerprint density at radius 1 is 0.667 bits per heavy atom. The van der Waals surface area contributed by atoms with Crippen molar-refractivity contribution >= 4 is 13.2 Å². The van der Waals surface area contributed by atoms with Gasteiger partial charge in [0.05, 0.1) is 19.8 Å². The molecule has 0 amide bonds. The van der Waals surface area contributed by atoms with Crippen molar-refractivity contribution in [1.82, 2.24) is 0 Å². The van der Waals surface area contributed by atoms with Gasteiger partial charge in [-0.05, 0) is 72.0 Å². The van der Waals surface area contributed by atoms with Gasteiger partial charge >= 0.3 is 0 Å². The second-order valence-electron chi connectivity index (χ2n) is 10.6. The van der Waals surface area contributed by atoms with Crippen LogP contribution in [0.3, 0.4) is 0 Å². The maximum atomic E-state index is 6.26. The van der Waals surface area contributed by atoms with Crippen LogP contribution >= 0.6 is 7.92 Å². The van der Waals surface area contributed by atoms with Crippen LogP contribution in [0.25, 0.3) is 22.3 Å². The van der Waals surface area contributed by atoms with Crippen LogP contribution in [0.15, 0.2) is 60.7 Å². The van der Waals surface area contributed by atoms with E-state index in [-0.39, 0.29) is 7.92 Å². The zero-order valence-corrected chi connectivity index (χ0v) is 23.2. The zero-order valence-electron chi connectivity index (χ0n) is 22.3. The molecule has 0 N–H and O–H groups in total. The Hall–Kier alpha value is -2.31. The summed E-state index contributed by atoms with van der Waals surface area (Å²) in [4.78, 5) is 0. The van der Waals surface area contributed by atoms with Crippen LogP contribution in [0.1, 0.15) is 69.8 Å². The van der Waals surface area contributed by atoms with Crippen molar-refractivity contribution in [2.45, 2.75) is 82.4 Å². The number of benzene rings is 3. The molecule has 0 heterocycles. The number of hydrogen-bond donors (Lipinski definition) is 0. The van der Waals surface area contributed by atoms with E-state index in [4.69, 9.17) is 9.47 Å². The molecule has 0 bridgehead atoms. The third-order valence-electron chi connectivity index (χ3n) is 8.32. The van der Waals surface area contributed by atoms with Crippen LogP contribution in [-0.4, -0.2) is 25.5 Å². The Morgan fingerprint density at radius 2 is 1.25 bits per heavy atom. The minimum absolute atomic E-state index is 0.228. The molecule has 190 valence electrons. The van der Waals surface area contributed by atoms with Gasteiger partial charge in [0.15, 0.2) is 0 Å². The average molecular weight is 501 g/mol. The maximum Gasteiger partial charge on any atom is 0.138 e. The predicted molar refractivity (Wildman–Crippen MR) is 155 cm³/mol. The molecule has 2 saturated carbocycles. The lowest BCUT2D eigenvalue weighted by molar-refractivity contribution is 0.398. The van der Waals surface area contributed by atoms with Gasteiger partial charge in [-0.25, -0.2) is 0 Å². The fourth-order valence-electron chi connectivity index (χ4n) is 6.66. The summed E-state index contributed by atoms with van der Waals surface area (Å²) in [6, 6.07) is 22.1. The molecule has 3 aromatic rings. The van der Waals surface area contributed by atoms with Gasteiger partial charge in [0.2, 0.25) is 0 Å². The second kappa shape index (κ2) is 11.8. The monoisotopic (exact) mass is 500 g/mol. The van der Waals surface area contributed by atoms with Crippen molar-refractivity contribution in [3.8, 4) is 33.8 Å². The van der Waals surface area contributed by atoms with E-state index >= 15 is 0 Å². The molecule has 2 aliphatic rings. The molecule has 0 saturated heterocycles. The first-order valence-electron chi connectivity index (χ1n) is 13.9. The second-order valence-corrected chi connectivity index (χ2v) is 13.3. The molecule has 2 fully saturated rings. The Morgan fingerprint density at radius 3 is 1.83 bits per heavy atom. The fraction of sp³-hybridized carbons (Fsp3) is 0.455. The van der Waals surface area contributed by atoms with E-state index in [1.165, 1.54) is 80.9 Å². The van der Waals surface area contributed by atoms with Crippen LogP contribution < -0.4 is 14.8 Å². The molecule has 0 unspecified atom stereocenters. The van der Waals surface area contributed by atoms with Gasteiger partial charge in [0.25, 0.3) is 0 Å². The van der Waals surface area contributed by atoms with Gasteiger partial charge in [-0.3, -0.25) is 0 Å². The Balaban J connectivity index is 1.70. The highest BCUT2D eigenvalue weighted by atomic mass is 31.1. The highest BCUT2D eigenvalue weighted by molar-refractivity contribution is 7.67. The molecule has 0 radical (unpaired) electrons. The van der Waals surface area contributed by atoms with Crippen molar-refractivity contribution in [3.05, 3.63) is 66.2 Å². The molecule has 2 aliphatic carbocycles. The number of hydrogen-bond acceptors (Lipinski definition) is 2. The van der Waals surface area contributed by atoms with Crippen LogP contribution in [-0.2, 0) is 0 Å². The van der Waals surface area contributed by atoms with Gasteiger partial charge in [-0.1, -0.05) is 101 Å². The van der Waals surface area contributed by atoms with Gasteiger partial charge in [0, 0.05) is 5.56 Å². The van der Waals surface area contributed by atoms with Gasteiger partial charge < -0.3 is 9.47 Å². The van der Waals surface area contributed by atoms with Crippen molar-refractivity contribution in [2.24, 2.45) is 0 Å². The van der Waals surface area contributed by atoms with E-state index < -0.39 is 0 Å². The van der Waals surface area contributed by atoms with Gasteiger partial charge in [-0.2, -0.15) is 0 Å². The van der Waals surface area contributed by atoms with E-state index in [9.17, 15) is 0 Å². The first-order chi connectivity index (χ1) is 17.7. The van der Waals surface area contributed by atoms with Gasteiger partial charge in [0.1, 0.15) is 11.5 Å². The maximum absolute atomic E-state index is 6.26. The summed E-state index contributed by atoms with van der Waals surface area (Å²) < 4.78 is 12.2. The Bertz CT molecular complexity index is 1130. The van der Waals surface area contributed by atoms with Crippen LogP contribution in [0, 0.1) is 6.92 Å². The summed E-state index contributed by atoms with van der Waals surface area (Å²) in [7, 11) is 3.35. The average Bonchev–Trinajstić information content (AvgIpc) is 2.94. The summed E-state index contributed by atoms with van der Waals surface area (Å²) in [5.41, 5.74) is 7.74. The van der Waals surface area contributed by atoms with E-state index in [1.807, 2.05) is 7.11 Å². The highest BCUT2D eigenvalue weighted by Crippen LogP contribution is 2.57. The molecule has 3 heteroatoms. The lowest BCUT2D eigenvalue weighted by Gasteiger charge is -2.40. The minimum atomic E-state index is -0.228. The summed E-state index contributed by atoms with van der Waals surface area (Å²) in [6.07, 6.45) is 14.1. The van der Waals surface area contributed by atoms with Crippen molar-refractivity contribution in [2.75, 3.05) is 14.2 Å². The van der Waals surface area contributed by atoms with E-state index in [1.54, 1.807) is 12.4 Å². The Kier molecular flexibility index (Phi) is 8.32. The molecule has 5 rings (SSSR count). The van der Waals surface area contributed by atoms with Crippen molar-refractivity contribution in [3.63, 3.8) is 0 Å². The number of rotatable bonds is 7. The third-order valence-corrected chi connectivity index (χ3v) is 11.9. The predicted octanol–water partition coefficient (Wildman–Crippen LogP) is 9.12. The molecule has 0 spiro atoms. The van der Waals surface area contributed by atoms with Gasteiger partial charge in [-0.15, -0.1) is 0 Å². The smallest absolute Gasteiger partial charge is 0.138 e. The number of ether oxygens (including phenoxy) is 2. The topological polar surface area (TPSA) is 18.5 Å².